The fraction of sp³-hybridized carbons (Fsp3) is 0.207. The lowest BCUT2D eigenvalue weighted by atomic mass is 10.00. The van der Waals surface area contributed by atoms with E-state index in [0.29, 0.717) is 23.8 Å². The number of nitrogens with one attached hydrogen (secondary N) is 1. The predicted octanol–water partition coefficient (Wildman–Crippen LogP) is 5.89. The Morgan fingerprint density at radius 1 is 0.914 bits per heavy atom. The van der Waals surface area contributed by atoms with E-state index in [-0.39, 0.29) is 18.1 Å². The number of amides is 1. The molecular formula is C29H28FNO4. The van der Waals surface area contributed by atoms with Gasteiger partial charge in [-0.05, 0) is 76.2 Å². The normalized spacial score (nSPS) is 13.6. The molecule has 6 heteroatoms. The van der Waals surface area contributed by atoms with E-state index in [1.807, 2.05) is 55.5 Å². The molecule has 0 heterocycles. The zero-order valence-corrected chi connectivity index (χ0v) is 20.3. The van der Waals surface area contributed by atoms with Gasteiger partial charge in [-0.2, -0.15) is 0 Å². The maximum atomic E-state index is 14.2. The number of carbonyl (C=O) groups is 1. The van der Waals surface area contributed by atoms with Gasteiger partial charge in [-0.15, -0.1) is 0 Å². The molecule has 3 aromatic rings. The summed E-state index contributed by atoms with van der Waals surface area (Å²) in [7, 11) is 4.70. The Labute approximate surface area is 204 Å². The minimum absolute atomic E-state index is 0.118. The van der Waals surface area contributed by atoms with Crippen LogP contribution in [0.15, 0.2) is 66.2 Å². The van der Waals surface area contributed by atoms with E-state index in [9.17, 15) is 9.18 Å². The first-order valence-electron chi connectivity index (χ1n) is 11.3. The molecule has 0 saturated carbocycles. The van der Waals surface area contributed by atoms with Crippen LogP contribution in [-0.4, -0.2) is 27.2 Å². The molecule has 3 aromatic carbocycles. The molecule has 0 fully saturated rings. The number of methoxy groups -OCH3 is 3. The van der Waals surface area contributed by atoms with Gasteiger partial charge in [-0.1, -0.05) is 36.4 Å². The molecule has 1 aliphatic carbocycles. The molecule has 0 atom stereocenters. The summed E-state index contributed by atoms with van der Waals surface area (Å²) in [6.45, 7) is 2.40. The Morgan fingerprint density at radius 2 is 1.60 bits per heavy atom. The number of ether oxygens (including phenoxy) is 3. The maximum absolute atomic E-state index is 14.2. The average Bonchev–Trinajstić information content (AvgIpc) is 3.12. The zero-order valence-electron chi connectivity index (χ0n) is 20.3. The van der Waals surface area contributed by atoms with Crippen molar-refractivity contribution in [2.45, 2.75) is 19.9 Å². The van der Waals surface area contributed by atoms with E-state index in [1.165, 1.54) is 12.1 Å². The maximum Gasteiger partial charge on any atom is 0.224 e. The molecule has 4 rings (SSSR count). The van der Waals surface area contributed by atoms with Crippen LogP contribution in [0, 0.1) is 5.82 Å². The standard InChI is InChI=1S/C29H28FNO4/c1-18-23(12-20-13-26(33-2)29(35-4)27(14-20)34-3)22-11-10-21(30)15-25(22)24(18)16-28(32)31-17-19-8-6-5-7-9-19/h5-15H,16-17H2,1-4H3,(H,31,32). The van der Waals surface area contributed by atoms with Gasteiger partial charge < -0.3 is 19.5 Å². The number of benzene rings is 3. The van der Waals surface area contributed by atoms with Crippen molar-refractivity contribution in [3.05, 3.63) is 94.3 Å². The number of fused-ring (bicyclic) bond motifs is 1. The SMILES string of the molecule is COc1cc(C=C2C(C)=C(CC(=O)NCc3ccccc3)c3cc(F)ccc32)cc(OC)c1OC. The van der Waals surface area contributed by atoms with Crippen LogP contribution in [0.1, 0.15) is 35.6 Å². The first-order chi connectivity index (χ1) is 16.9. The van der Waals surface area contributed by atoms with Crippen LogP contribution >= 0.6 is 0 Å². The van der Waals surface area contributed by atoms with Crippen LogP contribution in [0.2, 0.25) is 0 Å². The third-order valence-corrected chi connectivity index (χ3v) is 6.12. The van der Waals surface area contributed by atoms with Crippen molar-refractivity contribution in [3.63, 3.8) is 0 Å². The van der Waals surface area contributed by atoms with Crippen molar-refractivity contribution < 1.29 is 23.4 Å². The zero-order chi connectivity index (χ0) is 24.9. The molecule has 0 aromatic heterocycles. The first kappa shape index (κ1) is 24.1. The van der Waals surface area contributed by atoms with Crippen LogP contribution in [0.5, 0.6) is 17.2 Å². The highest BCUT2D eigenvalue weighted by Crippen LogP contribution is 2.45. The van der Waals surface area contributed by atoms with Crippen molar-refractivity contribution in [1.29, 1.82) is 0 Å². The van der Waals surface area contributed by atoms with Crippen LogP contribution in [-0.2, 0) is 11.3 Å². The fourth-order valence-corrected chi connectivity index (χ4v) is 4.35. The third-order valence-electron chi connectivity index (χ3n) is 6.12. The topological polar surface area (TPSA) is 56.8 Å². The molecule has 5 nitrogen and oxygen atoms in total. The second kappa shape index (κ2) is 10.5. The lowest BCUT2D eigenvalue weighted by molar-refractivity contribution is -0.120. The summed E-state index contributed by atoms with van der Waals surface area (Å²) in [5.41, 5.74) is 6.11. The molecule has 35 heavy (non-hydrogen) atoms. The largest absolute Gasteiger partial charge is 0.493 e. The van der Waals surface area contributed by atoms with E-state index in [2.05, 4.69) is 5.32 Å². The number of rotatable bonds is 8. The Bertz CT molecular complexity index is 1290. The molecule has 0 spiro atoms. The van der Waals surface area contributed by atoms with Crippen molar-refractivity contribution in [1.82, 2.24) is 5.32 Å². The lowest BCUT2D eigenvalue weighted by Crippen LogP contribution is -2.22. The summed E-state index contributed by atoms with van der Waals surface area (Å²) in [6.07, 6.45) is 2.15. The first-order valence-corrected chi connectivity index (χ1v) is 11.3. The van der Waals surface area contributed by atoms with Crippen LogP contribution in [0.25, 0.3) is 17.2 Å². The molecule has 1 amide bonds. The quantitative estimate of drug-likeness (QED) is 0.444. The monoisotopic (exact) mass is 473 g/mol. The highest BCUT2D eigenvalue weighted by molar-refractivity contribution is 6.08. The van der Waals surface area contributed by atoms with E-state index in [4.69, 9.17) is 14.2 Å². The Balaban J connectivity index is 1.69. The number of allylic oxidation sites excluding steroid dienone is 2. The molecule has 0 unspecified atom stereocenters. The minimum atomic E-state index is -0.340. The number of carbonyl (C=O) groups excluding carboxylic acids is 1. The summed E-state index contributed by atoms with van der Waals surface area (Å²) in [6, 6.07) is 18.1. The van der Waals surface area contributed by atoms with E-state index in [0.717, 1.165) is 39.0 Å². The van der Waals surface area contributed by atoms with Crippen LogP contribution < -0.4 is 19.5 Å². The minimum Gasteiger partial charge on any atom is -0.493 e. The van der Waals surface area contributed by atoms with Gasteiger partial charge in [0.2, 0.25) is 11.7 Å². The van der Waals surface area contributed by atoms with Crippen molar-refractivity contribution in [2.24, 2.45) is 0 Å². The molecule has 0 saturated heterocycles. The Hall–Kier alpha value is -4.06. The van der Waals surface area contributed by atoms with Crippen molar-refractivity contribution in [3.8, 4) is 17.2 Å². The average molecular weight is 474 g/mol. The number of hydrogen-bond acceptors (Lipinski definition) is 4. The second-order valence-electron chi connectivity index (χ2n) is 8.25. The van der Waals surface area contributed by atoms with Crippen molar-refractivity contribution >= 4 is 23.1 Å². The molecule has 0 aliphatic heterocycles. The van der Waals surface area contributed by atoms with Gasteiger partial charge in [0.1, 0.15) is 5.82 Å². The van der Waals surface area contributed by atoms with Gasteiger partial charge in [0.05, 0.1) is 27.8 Å². The molecular weight excluding hydrogens is 445 g/mol. The van der Waals surface area contributed by atoms with Gasteiger partial charge in [0, 0.05) is 6.54 Å². The molecule has 0 bridgehead atoms. The Morgan fingerprint density at radius 3 is 2.23 bits per heavy atom. The van der Waals surface area contributed by atoms with Crippen molar-refractivity contribution in [2.75, 3.05) is 21.3 Å². The third kappa shape index (κ3) is 5.06. The summed E-state index contributed by atoms with van der Waals surface area (Å²) in [4.78, 5) is 12.8. The van der Waals surface area contributed by atoms with E-state index < -0.39 is 0 Å². The molecule has 1 aliphatic rings. The second-order valence-corrected chi connectivity index (χ2v) is 8.25. The summed E-state index contributed by atoms with van der Waals surface area (Å²) in [5, 5.41) is 2.97. The van der Waals surface area contributed by atoms with Gasteiger partial charge in [0.15, 0.2) is 11.5 Å². The molecule has 180 valence electrons. The van der Waals surface area contributed by atoms with Crippen LogP contribution in [0.4, 0.5) is 4.39 Å². The highest BCUT2D eigenvalue weighted by Gasteiger charge is 2.26. The molecule has 0 radical (unpaired) electrons. The lowest BCUT2D eigenvalue weighted by Gasteiger charge is -2.13. The van der Waals surface area contributed by atoms with Crippen LogP contribution in [0.3, 0.4) is 0 Å². The van der Waals surface area contributed by atoms with Gasteiger partial charge in [-0.3, -0.25) is 4.79 Å². The summed E-state index contributed by atoms with van der Waals surface area (Å²) in [5.74, 6) is 1.13. The smallest absolute Gasteiger partial charge is 0.224 e. The Kier molecular flexibility index (Phi) is 7.20. The fourth-order valence-electron chi connectivity index (χ4n) is 4.35. The summed E-state index contributed by atoms with van der Waals surface area (Å²) < 4.78 is 30.6. The number of halogens is 1. The predicted molar refractivity (Wildman–Crippen MR) is 136 cm³/mol. The van der Waals surface area contributed by atoms with Gasteiger partial charge in [0.25, 0.3) is 0 Å². The molecule has 1 N–H and O–H groups in total. The summed E-state index contributed by atoms with van der Waals surface area (Å²) >= 11 is 0. The number of hydrogen-bond donors (Lipinski definition) is 1. The van der Waals surface area contributed by atoms with E-state index >= 15 is 0 Å². The highest BCUT2D eigenvalue weighted by atomic mass is 19.1. The van der Waals surface area contributed by atoms with Gasteiger partial charge >= 0.3 is 0 Å². The van der Waals surface area contributed by atoms with E-state index in [1.54, 1.807) is 27.4 Å². The van der Waals surface area contributed by atoms with Gasteiger partial charge in [-0.25, -0.2) is 4.39 Å².